The molecule has 1 aromatic carbocycles. The summed E-state index contributed by atoms with van der Waals surface area (Å²) in [4.78, 5) is 4.25. The van der Waals surface area contributed by atoms with Crippen LogP contribution in [-0.2, 0) is 6.42 Å². The maximum atomic E-state index is 4.25. The van der Waals surface area contributed by atoms with Crippen LogP contribution in [0, 0.1) is 0 Å². The lowest BCUT2D eigenvalue weighted by Crippen LogP contribution is -2.49. The van der Waals surface area contributed by atoms with Crippen LogP contribution in [0.25, 0.3) is 0 Å². The number of halogens is 1. The quantitative estimate of drug-likeness (QED) is 0.475. The molecule has 1 aliphatic rings. The van der Waals surface area contributed by atoms with Crippen LogP contribution in [0.2, 0.25) is 0 Å². The maximum absolute atomic E-state index is 4.25. The van der Waals surface area contributed by atoms with Gasteiger partial charge < -0.3 is 10.6 Å². The molecule has 0 amide bonds. The smallest absolute Gasteiger partial charge is 0.191 e. The zero-order valence-electron chi connectivity index (χ0n) is 12.2. The van der Waals surface area contributed by atoms with E-state index in [0.29, 0.717) is 5.92 Å². The van der Waals surface area contributed by atoms with E-state index in [2.05, 4.69) is 60.7 Å². The summed E-state index contributed by atoms with van der Waals surface area (Å²) in [5.41, 5.74) is 3.01. The fourth-order valence-electron chi connectivity index (χ4n) is 2.30. The van der Waals surface area contributed by atoms with Crippen LogP contribution >= 0.6 is 24.0 Å². The highest BCUT2D eigenvalue weighted by Crippen LogP contribution is 2.33. The molecule has 2 rings (SSSR count). The monoisotopic (exact) mass is 373 g/mol. The Morgan fingerprint density at radius 3 is 2.58 bits per heavy atom. The fraction of sp³-hybridized carbons (Fsp3) is 0.533. The number of benzene rings is 1. The third-order valence-corrected chi connectivity index (χ3v) is 3.19. The molecule has 106 valence electrons. The van der Waals surface area contributed by atoms with Gasteiger partial charge in [0.15, 0.2) is 5.96 Å². The molecule has 2 N–H and O–H groups in total. The first-order chi connectivity index (χ1) is 8.49. The minimum Gasteiger partial charge on any atom is -0.356 e. The number of hydrogen-bond acceptors (Lipinski definition) is 1. The lowest BCUT2D eigenvalue weighted by atomic mass is 9.78. The van der Waals surface area contributed by atoms with Crippen LogP contribution in [0.3, 0.4) is 0 Å². The first kappa shape index (κ1) is 16.3. The second-order valence-electron chi connectivity index (χ2n) is 5.93. The molecule has 1 unspecified atom stereocenters. The predicted molar refractivity (Wildman–Crippen MR) is 92.6 cm³/mol. The summed E-state index contributed by atoms with van der Waals surface area (Å²) in [6.07, 6.45) is 1.18. The standard InChI is InChI=1S/C15H23N3.HI/c1-15(2,3)18-14(16-4)17-10-12-9-11-7-5-6-8-13(11)12;/h5-8,12H,9-10H2,1-4H3,(H2,16,17,18);1H. The molecular weight excluding hydrogens is 349 g/mol. The van der Waals surface area contributed by atoms with Crippen molar-refractivity contribution in [1.82, 2.24) is 10.6 Å². The molecule has 0 spiro atoms. The molecule has 0 aromatic heterocycles. The molecular formula is C15H24IN3. The maximum Gasteiger partial charge on any atom is 0.191 e. The highest BCUT2D eigenvalue weighted by atomic mass is 127. The molecule has 0 saturated carbocycles. The van der Waals surface area contributed by atoms with Gasteiger partial charge in [0.1, 0.15) is 0 Å². The fourth-order valence-corrected chi connectivity index (χ4v) is 2.30. The lowest BCUT2D eigenvalue weighted by molar-refractivity contribution is 0.495. The van der Waals surface area contributed by atoms with Gasteiger partial charge >= 0.3 is 0 Å². The van der Waals surface area contributed by atoms with E-state index in [9.17, 15) is 0 Å². The molecule has 19 heavy (non-hydrogen) atoms. The van der Waals surface area contributed by atoms with E-state index in [1.54, 1.807) is 0 Å². The van der Waals surface area contributed by atoms with E-state index in [-0.39, 0.29) is 29.5 Å². The predicted octanol–water partition coefficient (Wildman–Crippen LogP) is 2.91. The highest BCUT2D eigenvalue weighted by molar-refractivity contribution is 14.0. The highest BCUT2D eigenvalue weighted by Gasteiger charge is 2.25. The number of aliphatic imine (C=N–C) groups is 1. The van der Waals surface area contributed by atoms with Crippen molar-refractivity contribution in [1.29, 1.82) is 0 Å². The summed E-state index contributed by atoms with van der Waals surface area (Å²) >= 11 is 0. The van der Waals surface area contributed by atoms with Crippen molar-refractivity contribution in [2.75, 3.05) is 13.6 Å². The van der Waals surface area contributed by atoms with Gasteiger partial charge in [0.2, 0.25) is 0 Å². The van der Waals surface area contributed by atoms with E-state index in [1.807, 2.05) is 7.05 Å². The molecule has 1 aromatic rings. The summed E-state index contributed by atoms with van der Waals surface area (Å²) in [6, 6.07) is 8.68. The summed E-state index contributed by atoms with van der Waals surface area (Å²) in [7, 11) is 1.82. The van der Waals surface area contributed by atoms with Gasteiger partial charge in [-0.05, 0) is 38.3 Å². The van der Waals surface area contributed by atoms with Crippen molar-refractivity contribution in [3.05, 3.63) is 35.4 Å². The minimum atomic E-state index is 0. The Labute approximate surface area is 133 Å². The van der Waals surface area contributed by atoms with E-state index < -0.39 is 0 Å². The van der Waals surface area contributed by atoms with Crippen LogP contribution in [0.5, 0.6) is 0 Å². The molecule has 1 atom stereocenters. The number of fused-ring (bicyclic) bond motifs is 1. The van der Waals surface area contributed by atoms with Gasteiger partial charge in [-0.3, -0.25) is 4.99 Å². The van der Waals surface area contributed by atoms with Crippen LogP contribution < -0.4 is 10.6 Å². The Bertz CT molecular complexity index is 449. The zero-order chi connectivity index (χ0) is 13.2. The molecule has 0 heterocycles. The number of nitrogens with zero attached hydrogens (tertiary/aromatic N) is 1. The van der Waals surface area contributed by atoms with E-state index in [4.69, 9.17) is 0 Å². The zero-order valence-corrected chi connectivity index (χ0v) is 14.5. The van der Waals surface area contributed by atoms with Crippen molar-refractivity contribution >= 4 is 29.9 Å². The summed E-state index contributed by atoms with van der Waals surface area (Å²) < 4.78 is 0. The van der Waals surface area contributed by atoms with Gasteiger partial charge in [0, 0.05) is 25.0 Å². The van der Waals surface area contributed by atoms with Crippen LogP contribution in [0.15, 0.2) is 29.3 Å². The average Bonchev–Trinajstić information content (AvgIpc) is 2.27. The molecule has 3 nitrogen and oxygen atoms in total. The Balaban J connectivity index is 0.00000180. The van der Waals surface area contributed by atoms with Crippen molar-refractivity contribution in [2.24, 2.45) is 4.99 Å². The minimum absolute atomic E-state index is 0. The Morgan fingerprint density at radius 2 is 2.00 bits per heavy atom. The molecule has 0 saturated heterocycles. The first-order valence-corrected chi connectivity index (χ1v) is 6.56. The van der Waals surface area contributed by atoms with Crippen molar-refractivity contribution in [3.8, 4) is 0 Å². The lowest BCUT2D eigenvalue weighted by Gasteiger charge is -2.31. The van der Waals surface area contributed by atoms with Crippen molar-refractivity contribution < 1.29 is 0 Å². The molecule has 4 heteroatoms. The number of hydrogen-bond donors (Lipinski definition) is 2. The SMILES string of the molecule is CN=C(NCC1Cc2ccccc21)NC(C)(C)C.I. The summed E-state index contributed by atoms with van der Waals surface area (Å²) in [5, 5.41) is 6.78. The first-order valence-electron chi connectivity index (χ1n) is 6.56. The topological polar surface area (TPSA) is 36.4 Å². The second-order valence-corrected chi connectivity index (χ2v) is 5.93. The Kier molecular flexibility index (Phi) is 5.64. The second kappa shape index (κ2) is 6.59. The van der Waals surface area contributed by atoms with E-state index in [1.165, 1.54) is 17.5 Å². The van der Waals surface area contributed by atoms with Gasteiger partial charge in [0.05, 0.1) is 0 Å². The largest absolute Gasteiger partial charge is 0.356 e. The van der Waals surface area contributed by atoms with E-state index >= 15 is 0 Å². The van der Waals surface area contributed by atoms with Gasteiger partial charge in [-0.1, -0.05) is 24.3 Å². The molecule has 1 aliphatic carbocycles. The number of rotatable bonds is 2. The van der Waals surface area contributed by atoms with Crippen LogP contribution in [0.1, 0.15) is 37.8 Å². The van der Waals surface area contributed by atoms with Crippen LogP contribution in [-0.4, -0.2) is 25.1 Å². The number of nitrogens with one attached hydrogen (secondary N) is 2. The third kappa shape index (κ3) is 4.37. The van der Waals surface area contributed by atoms with Gasteiger partial charge in [-0.25, -0.2) is 0 Å². The van der Waals surface area contributed by atoms with Crippen LogP contribution in [0.4, 0.5) is 0 Å². The van der Waals surface area contributed by atoms with Gasteiger partial charge in [-0.2, -0.15) is 0 Å². The van der Waals surface area contributed by atoms with Gasteiger partial charge in [-0.15, -0.1) is 24.0 Å². The normalized spacial score (nSPS) is 17.9. The molecule has 0 aliphatic heterocycles. The Morgan fingerprint density at radius 1 is 1.32 bits per heavy atom. The molecule has 0 radical (unpaired) electrons. The summed E-state index contributed by atoms with van der Waals surface area (Å²) in [5.74, 6) is 1.51. The van der Waals surface area contributed by atoms with Crippen molar-refractivity contribution in [2.45, 2.75) is 38.6 Å². The summed E-state index contributed by atoms with van der Waals surface area (Å²) in [6.45, 7) is 7.36. The van der Waals surface area contributed by atoms with E-state index in [0.717, 1.165) is 12.5 Å². The van der Waals surface area contributed by atoms with Crippen molar-refractivity contribution in [3.63, 3.8) is 0 Å². The molecule has 0 bridgehead atoms. The number of guanidine groups is 1. The molecule has 0 fully saturated rings. The van der Waals surface area contributed by atoms with Gasteiger partial charge in [0.25, 0.3) is 0 Å². The Hall–Kier alpha value is -0.780. The average molecular weight is 373 g/mol. The third-order valence-electron chi connectivity index (χ3n) is 3.19.